The molecular weight excluding hydrogens is 787 g/mol. The van der Waals surface area contributed by atoms with Gasteiger partial charge in [0, 0.05) is 6.42 Å². The third kappa shape index (κ3) is 22.8. The summed E-state index contributed by atoms with van der Waals surface area (Å²) in [6.07, 6.45) is 19.0. The second-order valence-electron chi connectivity index (χ2n) is 17.2. The van der Waals surface area contributed by atoms with Gasteiger partial charge in [0.15, 0.2) is 12.6 Å². The number of amides is 1. The molecule has 61 heavy (non-hydrogen) atoms. The van der Waals surface area contributed by atoms with Crippen LogP contribution in [0.5, 0.6) is 0 Å². The van der Waals surface area contributed by atoms with Crippen molar-refractivity contribution in [3.8, 4) is 0 Å². The molecular formula is C47H87NO13. The van der Waals surface area contributed by atoms with E-state index in [1.807, 2.05) is 0 Å². The van der Waals surface area contributed by atoms with Crippen molar-refractivity contribution < 1.29 is 64.6 Å². The van der Waals surface area contributed by atoms with Crippen molar-refractivity contribution in [3.63, 3.8) is 0 Å². The van der Waals surface area contributed by atoms with Crippen LogP contribution in [0.1, 0.15) is 174 Å². The molecule has 2 aliphatic heterocycles. The SMILES string of the molecule is CCCCCC/C=C\C/C=C\CCCCCCCC(=O)NC(COC1OC(CO)C(OC2OC(CO)C(O)C(O)C2O)C(O)C1O)C(O)CCCCCCCCCCCCC. The normalized spacial score (nSPS) is 28.2. The van der Waals surface area contributed by atoms with Gasteiger partial charge >= 0.3 is 0 Å². The Morgan fingerprint density at radius 2 is 1.08 bits per heavy atom. The fourth-order valence-corrected chi connectivity index (χ4v) is 7.91. The molecule has 1 amide bonds. The van der Waals surface area contributed by atoms with E-state index >= 15 is 0 Å². The van der Waals surface area contributed by atoms with Crippen LogP contribution in [0.3, 0.4) is 0 Å². The number of aliphatic hydroxyl groups is 8. The Labute approximate surface area is 367 Å². The van der Waals surface area contributed by atoms with Gasteiger partial charge in [0.25, 0.3) is 0 Å². The molecule has 0 aromatic heterocycles. The van der Waals surface area contributed by atoms with E-state index in [0.717, 1.165) is 70.6 Å². The smallest absolute Gasteiger partial charge is 0.220 e. The number of nitrogens with one attached hydrogen (secondary N) is 1. The summed E-state index contributed by atoms with van der Waals surface area (Å²) in [5.74, 6) is -0.223. The number of aliphatic hydroxyl groups excluding tert-OH is 8. The van der Waals surface area contributed by atoms with Crippen LogP contribution in [0.15, 0.2) is 24.3 Å². The molecule has 2 rings (SSSR count). The lowest BCUT2D eigenvalue weighted by atomic mass is 9.97. The van der Waals surface area contributed by atoms with E-state index in [1.54, 1.807) is 0 Å². The van der Waals surface area contributed by atoms with Crippen LogP contribution in [0.25, 0.3) is 0 Å². The topological polar surface area (TPSA) is 228 Å². The summed E-state index contributed by atoms with van der Waals surface area (Å²) in [4.78, 5) is 13.1. The summed E-state index contributed by atoms with van der Waals surface area (Å²) in [7, 11) is 0. The molecule has 2 saturated heterocycles. The highest BCUT2D eigenvalue weighted by Gasteiger charge is 2.51. The highest BCUT2D eigenvalue weighted by Crippen LogP contribution is 2.30. The van der Waals surface area contributed by atoms with E-state index in [-0.39, 0.29) is 18.9 Å². The van der Waals surface area contributed by atoms with Gasteiger partial charge < -0.3 is 65.1 Å². The Hall–Kier alpha value is -1.53. The number of rotatable bonds is 36. The van der Waals surface area contributed by atoms with Gasteiger partial charge in [0.05, 0.1) is 32.0 Å². The van der Waals surface area contributed by atoms with Crippen LogP contribution >= 0.6 is 0 Å². The summed E-state index contributed by atoms with van der Waals surface area (Å²) in [5.41, 5.74) is 0. The van der Waals surface area contributed by atoms with Crippen LogP contribution in [0.2, 0.25) is 0 Å². The quantitative estimate of drug-likeness (QED) is 0.0285. The Kier molecular flexibility index (Phi) is 31.7. The first-order chi connectivity index (χ1) is 29.6. The van der Waals surface area contributed by atoms with E-state index < -0.39 is 86.8 Å². The average molecular weight is 874 g/mol. The summed E-state index contributed by atoms with van der Waals surface area (Å²) in [5, 5.41) is 86.7. The minimum absolute atomic E-state index is 0.223. The number of ether oxygens (including phenoxy) is 4. The van der Waals surface area contributed by atoms with Crippen LogP contribution in [-0.2, 0) is 23.7 Å². The van der Waals surface area contributed by atoms with Gasteiger partial charge in [-0.25, -0.2) is 0 Å². The summed E-state index contributed by atoms with van der Waals surface area (Å²) in [6.45, 7) is 2.79. The molecule has 358 valence electrons. The average Bonchev–Trinajstić information content (AvgIpc) is 3.26. The predicted octanol–water partition coefficient (Wildman–Crippen LogP) is 5.38. The molecule has 0 bridgehead atoms. The largest absolute Gasteiger partial charge is 0.394 e. The van der Waals surface area contributed by atoms with Crippen molar-refractivity contribution in [3.05, 3.63) is 24.3 Å². The van der Waals surface area contributed by atoms with Crippen molar-refractivity contribution in [2.24, 2.45) is 0 Å². The van der Waals surface area contributed by atoms with E-state index in [2.05, 4.69) is 43.5 Å². The van der Waals surface area contributed by atoms with E-state index in [0.29, 0.717) is 12.8 Å². The van der Waals surface area contributed by atoms with Gasteiger partial charge in [-0.1, -0.05) is 147 Å². The number of carbonyl (C=O) groups excluding carboxylic acids is 1. The van der Waals surface area contributed by atoms with Gasteiger partial charge in [-0.2, -0.15) is 0 Å². The number of hydrogen-bond acceptors (Lipinski definition) is 13. The molecule has 12 atom stereocenters. The molecule has 14 nitrogen and oxygen atoms in total. The van der Waals surface area contributed by atoms with Crippen LogP contribution < -0.4 is 5.32 Å². The summed E-state index contributed by atoms with van der Waals surface area (Å²) >= 11 is 0. The van der Waals surface area contributed by atoms with Crippen molar-refractivity contribution in [1.82, 2.24) is 5.32 Å². The molecule has 2 aliphatic rings. The number of carbonyl (C=O) groups is 1. The lowest BCUT2D eigenvalue weighted by Gasteiger charge is -2.46. The van der Waals surface area contributed by atoms with Crippen molar-refractivity contribution >= 4 is 5.91 Å². The molecule has 9 N–H and O–H groups in total. The Morgan fingerprint density at radius 1 is 0.590 bits per heavy atom. The van der Waals surface area contributed by atoms with Crippen LogP contribution in [0.4, 0.5) is 0 Å². The number of unbranched alkanes of at least 4 members (excludes halogenated alkanes) is 19. The molecule has 0 radical (unpaired) electrons. The second kappa shape index (κ2) is 34.8. The first kappa shape index (κ1) is 55.6. The number of hydrogen-bond donors (Lipinski definition) is 9. The van der Waals surface area contributed by atoms with Crippen molar-refractivity contribution in [1.29, 1.82) is 0 Å². The first-order valence-corrected chi connectivity index (χ1v) is 24.1. The van der Waals surface area contributed by atoms with Gasteiger partial charge in [-0.3, -0.25) is 4.79 Å². The molecule has 2 heterocycles. The third-order valence-electron chi connectivity index (χ3n) is 11.9. The fourth-order valence-electron chi connectivity index (χ4n) is 7.91. The molecule has 0 aromatic rings. The van der Waals surface area contributed by atoms with Crippen molar-refractivity contribution in [2.75, 3.05) is 19.8 Å². The molecule has 0 saturated carbocycles. The van der Waals surface area contributed by atoms with Crippen LogP contribution in [-0.4, -0.2) is 140 Å². The fraction of sp³-hybridized carbons (Fsp3) is 0.894. The third-order valence-corrected chi connectivity index (χ3v) is 11.9. The maximum absolute atomic E-state index is 13.1. The zero-order valence-corrected chi connectivity index (χ0v) is 37.7. The Balaban J connectivity index is 1.86. The van der Waals surface area contributed by atoms with E-state index in [1.165, 1.54) is 70.6 Å². The lowest BCUT2D eigenvalue weighted by molar-refractivity contribution is -0.359. The van der Waals surface area contributed by atoms with Crippen LogP contribution in [0, 0.1) is 0 Å². The van der Waals surface area contributed by atoms with Gasteiger partial charge in [0.1, 0.15) is 48.8 Å². The minimum Gasteiger partial charge on any atom is -0.394 e. The molecule has 12 unspecified atom stereocenters. The summed E-state index contributed by atoms with van der Waals surface area (Å²) in [6, 6.07) is -0.832. The minimum atomic E-state index is -1.78. The van der Waals surface area contributed by atoms with Crippen molar-refractivity contribution in [2.45, 2.75) is 248 Å². The second-order valence-corrected chi connectivity index (χ2v) is 17.2. The molecule has 14 heteroatoms. The zero-order chi connectivity index (χ0) is 44.7. The van der Waals surface area contributed by atoms with Gasteiger partial charge in [-0.15, -0.1) is 0 Å². The Bertz CT molecular complexity index is 1130. The summed E-state index contributed by atoms with van der Waals surface area (Å²) < 4.78 is 22.7. The van der Waals surface area contributed by atoms with E-state index in [9.17, 15) is 45.6 Å². The maximum Gasteiger partial charge on any atom is 0.220 e. The maximum atomic E-state index is 13.1. The molecule has 0 spiro atoms. The standard InChI is InChI=1S/C47H87NO13/c1-3-5-7-9-11-13-15-16-17-18-19-21-23-25-27-29-31-39(52)48-35(36(51)30-28-26-24-22-20-14-12-10-8-6-4-2)34-58-46-44(57)42(55)45(38(33-50)60-46)61-47-43(56)41(54)40(53)37(32-49)59-47/h13,15,17-18,35-38,40-47,49-51,53-57H,3-12,14,16,19-34H2,1-2H3,(H,48,52)/b15-13-,18-17-. The van der Waals surface area contributed by atoms with Gasteiger partial charge in [0.2, 0.25) is 5.91 Å². The molecule has 0 aliphatic carbocycles. The monoisotopic (exact) mass is 874 g/mol. The predicted molar refractivity (Wildman–Crippen MR) is 235 cm³/mol. The number of allylic oxidation sites excluding steroid dienone is 4. The molecule has 2 fully saturated rings. The Morgan fingerprint density at radius 3 is 1.66 bits per heavy atom. The highest BCUT2D eigenvalue weighted by molar-refractivity contribution is 5.76. The highest BCUT2D eigenvalue weighted by atomic mass is 16.7. The lowest BCUT2D eigenvalue weighted by Crippen LogP contribution is -2.65. The van der Waals surface area contributed by atoms with Gasteiger partial charge in [-0.05, 0) is 44.9 Å². The van der Waals surface area contributed by atoms with E-state index in [4.69, 9.17) is 18.9 Å². The zero-order valence-electron chi connectivity index (χ0n) is 37.7. The molecule has 0 aromatic carbocycles. The first-order valence-electron chi connectivity index (χ1n) is 24.1.